The van der Waals surface area contributed by atoms with E-state index in [0.717, 1.165) is 6.54 Å². The van der Waals surface area contributed by atoms with E-state index >= 15 is 0 Å². The smallest absolute Gasteiger partial charge is 0.113 e. The summed E-state index contributed by atoms with van der Waals surface area (Å²) in [7, 11) is 0. The van der Waals surface area contributed by atoms with Gasteiger partial charge >= 0.3 is 0 Å². The van der Waals surface area contributed by atoms with Crippen LogP contribution in [0, 0.1) is 0 Å². The SMILES string of the molecule is FC1=C(Br)CNCC1. The maximum Gasteiger partial charge on any atom is 0.113 e. The van der Waals surface area contributed by atoms with E-state index < -0.39 is 0 Å². The third-order valence-electron chi connectivity index (χ3n) is 1.10. The lowest BCUT2D eigenvalue weighted by atomic mass is 10.3. The van der Waals surface area contributed by atoms with E-state index in [1.165, 1.54) is 0 Å². The molecular formula is C5H7BrFN. The van der Waals surface area contributed by atoms with E-state index in [9.17, 15) is 4.39 Å². The van der Waals surface area contributed by atoms with E-state index in [1.54, 1.807) is 0 Å². The van der Waals surface area contributed by atoms with Crippen molar-refractivity contribution >= 4 is 15.9 Å². The summed E-state index contributed by atoms with van der Waals surface area (Å²) in [5.41, 5.74) is 0. The Labute approximate surface area is 56.1 Å². The van der Waals surface area contributed by atoms with Crippen molar-refractivity contribution in [3.05, 3.63) is 10.3 Å². The van der Waals surface area contributed by atoms with Crippen LogP contribution in [-0.4, -0.2) is 13.1 Å². The maximum atomic E-state index is 12.4. The van der Waals surface area contributed by atoms with E-state index in [4.69, 9.17) is 0 Å². The Morgan fingerprint density at radius 1 is 1.62 bits per heavy atom. The van der Waals surface area contributed by atoms with Crippen LogP contribution in [0.2, 0.25) is 0 Å². The molecule has 0 atom stereocenters. The number of halogens is 2. The molecule has 0 aliphatic carbocycles. The molecule has 0 spiro atoms. The van der Waals surface area contributed by atoms with Gasteiger partial charge in [0.05, 0.1) is 0 Å². The quantitative estimate of drug-likeness (QED) is 0.596. The molecule has 1 heterocycles. The average molecular weight is 180 g/mol. The van der Waals surface area contributed by atoms with Gasteiger partial charge in [0.2, 0.25) is 0 Å². The first kappa shape index (κ1) is 6.23. The normalized spacial score (nSPS) is 21.8. The van der Waals surface area contributed by atoms with Gasteiger partial charge in [0.15, 0.2) is 0 Å². The average Bonchev–Trinajstić information content (AvgIpc) is 1.77. The number of rotatable bonds is 0. The predicted octanol–water partition coefficient (Wildman–Crippen LogP) is 1.56. The molecule has 0 aromatic heterocycles. The van der Waals surface area contributed by atoms with E-state index in [2.05, 4.69) is 21.2 Å². The van der Waals surface area contributed by atoms with Crippen molar-refractivity contribution in [1.29, 1.82) is 0 Å². The Morgan fingerprint density at radius 3 is 2.75 bits per heavy atom. The van der Waals surface area contributed by atoms with Crippen molar-refractivity contribution in [1.82, 2.24) is 5.32 Å². The lowest BCUT2D eigenvalue weighted by molar-refractivity contribution is 0.537. The number of nitrogens with one attached hydrogen (secondary N) is 1. The summed E-state index contributed by atoms with van der Waals surface area (Å²) in [4.78, 5) is 0. The first-order chi connectivity index (χ1) is 3.80. The van der Waals surface area contributed by atoms with Gasteiger partial charge < -0.3 is 5.32 Å². The molecule has 0 unspecified atom stereocenters. The molecule has 3 heteroatoms. The van der Waals surface area contributed by atoms with Gasteiger partial charge in [-0.25, -0.2) is 4.39 Å². The molecule has 1 aliphatic heterocycles. The highest BCUT2D eigenvalue weighted by molar-refractivity contribution is 9.11. The highest BCUT2D eigenvalue weighted by Gasteiger charge is 2.07. The fraction of sp³-hybridized carbons (Fsp3) is 0.600. The zero-order chi connectivity index (χ0) is 5.98. The summed E-state index contributed by atoms with van der Waals surface area (Å²) < 4.78 is 13.0. The van der Waals surface area contributed by atoms with Crippen LogP contribution in [0.15, 0.2) is 10.3 Å². The van der Waals surface area contributed by atoms with Crippen LogP contribution in [-0.2, 0) is 0 Å². The Balaban J connectivity index is 2.60. The Kier molecular flexibility index (Phi) is 2.02. The predicted molar refractivity (Wildman–Crippen MR) is 34.5 cm³/mol. The van der Waals surface area contributed by atoms with Crippen molar-refractivity contribution < 1.29 is 4.39 Å². The summed E-state index contributed by atoms with van der Waals surface area (Å²) in [6.45, 7) is 1.41. The second-order valence-electron chi connectivity index (χ2n) is 1.74. The molecule has 8 heavy (non-hydrogen) atoms. The van der Waals surface area contributed by atoms with Crippen LogP contribution in [0.4, 0.5) is 4.39 Å². The molecule has 1 rings (SSSR count). The lowest BCUT2D eigenvalue weighted by Gasteiger charge is -2.10. The second-order valence-corrected chi connectivity index (χ2v) is 2.69. The van der Waals surface area contributed by atoms with Crippen LogP contribution in [0.1, 0.15) is 6.42 Å². The van der Waals surface area contributed by atoms with Gasteiger partial charge in [-0.15, -0.1) is 0 Å². The highest BCUT2D eigenvalue weighted by Crippen LogP contribution is 2.17. The van der Waals surface area contributed by atoms with Crippen LogP contribution in [0.5, 0.6) is 0 Å². The van der Waals surface area contributed by atoms with Gasteiger partial charge in [-0.1, -0.05) is 15.9 Å². The van der Waals surface area contributed by atoms with E-state index in [-0.39, 0.29) is 5.83 Å². The van der Waals surface area contributed by atoms with E-state index in [0.29, 0.717) is 17.4 Å². The molecule has 0 fully saturated rings. The fourth-order valence-corrected chi connectivity index (χ4v) is 1.02. The topological polar surface area (TPSA) is 12.0 Å². The number of hydrogen-bond acceptors (Lipinski definition) is 1. The Bertz CT molecular complexity index is 108. The van der Waals surface area contributed by atoms with Crippen molar-refractivity contribution in [3.8, 4) is 0 Å². The molecule has 46 valence electrons. The molecule has 1 nitrogen and oxygen atoms in total. The molecule has 0 saturated heterocycles. The summed E-state index contributed by atoms with van der Waals surface area (Å²) in [5, 5.41) is 3.02. The molecule has 0 amide bonds. The van der Waals surface area contributed by atoms with E-state index in [1.807, 2.05) is 0 Å². The van der Waals surface area contributed by atoms with Gasteiger partial charge in [-0.05, 0) is 0 Å². The number of hydrogen-bond donors (Lipinski definition) is 1. The molecule has 1 N–H and O–H groups in total. The third kappa shape index (κ3) is 1.29. The molecule has 0 saturated carbocycles. The molecule has 0 bridgehead atoms. The summed E-state index contributed by atoms with van der Waals surface area (Å²) in [5.74, 6) is -0.0104. The van der Waals surface area contributed by atoms with Crippen LogP contribution in [0.3, 0.4) is 0 Å². The van der Waals surface area contributed by atoms with Crippen LogP contribution < -0.4 is 5.32 Å². The highest BCUT2D eigenvalue weighted by atomic mass is 79.9. The van der Waals surface area contributed by atoms with Crippen molar-refractivity contribution in [3.63, 3.8) is 0 Å². The van der Waals surface area contributed by atoms with Gasteiger partial charge in [0, 0.05) is 24.0 Å². The fourth-order valence-electron chi connectivity index (χ4n) is 0.628. The van der Waals surface area contributed by atoms with Gasteiger partial charge in [0.1, 0.15) is 5.83 Å². The molecule has 1 aliphatic rings. The zero-order valence-electron chi connectivity index (χ0n) is 4.38. The molecular weight excluding hydrogens is 173 g/mol. The maximum absolute atomic E-state index is 12.4. The van der Waals surface area contributed by atoms with Gasteiger partial charge in [-0.2, -0.15) is 0 Å². The Morgan fingerprint density at radius 2 is 2.38 bits per heavy atom. The summed E-state index contributed by atoms with van der Waals surface area (Å²) >= 11 is 3.10. The first-order valence-corrected chi connectivity index (χ1v) is 3.34. The minimum absolute atomic E-state index is 0.0104. The van der Waals surface area contributed by atoms with Gasteiger partial charge in [0.25, 0.3) is 0 Å². The third-order valence-corrected chi connectivity index (χ3v) is 1.81. The lowest BCUT2D eigenvalue weighted by Crippen LogP contribution is -2.21. The standard InChI is InChI=1S/C5H7BrFN/c6-4-3-8-2-1-5(4)7/h8H,1-3H2. The molecule has 0 aromatic carbocycles. The first-order valence-electron chi connectivity index (χ1n) is 2.54. The monoisotopic (exact) mass is 179 g/mol. The second kappa shape index (κ2) is 2.60. The van der Waals surface area contributed by atoms with Crippen molar-refractivity contribution in [2.45, 2.75) is 6.42 Å². The van der Waals surface area contributed by atoms with Crippen molar-refractivity contribution in [2.24, 2.45) is 0 Å². The summed E-state index contributed by atoms with van der Waals surface area (Å²) in [6, 6.07) is 0. The van der Waals surface area contributed by atoms with Gasteiger partial charge in [-0.3, -0.25) is 0 Å². The van der Waals surface area contributed by atoms with Crippen LogP contribution in [0.25, 0.3) is 0 Å². The molecule has 0 aromatic rings. The van der Waals surface area contributed by atoms with Crippen LogP contribution >= 0.6 is 15.9 Å². The molecule has 0 radical (unpaired) electrons. The Hall–Kier alpha value is 0.110. The minimum Gasteiger partial charge on any atom is -0.312 e. The zero-order valence-corrected chi connectivity index (χ0v) is 5.96. The summed E-state index contributed by atoms with van der Waals surface area (Å²) in [6.07, 6.45) is 0.528. The minimum atomic E-state index is -0.0104. The largest absolute Gasteiger partial charge is 0.312 e. The van der Waals surface area contributed by atoms with Crippen molar-refractivity contribution in [2.75, 3.05) is 13.1 Å².